The Bertz CT molecular complexity index is 453. The Balaban J connectivity index is 1.73. The fourth-order valence-electron chi connectivity index (χ4n) is 4.26. The van der Waals surface area contributed by atoms with Crippen molar-refractivity contribution in [1.82, 2.24) is 14.7 Å². The number of nitrogens with two attached hydrogens (primary N) is 1. The fourth-order valence-corrected chi connectivity index (χ4v) is 4.26. The quantitative estimate of drug-likeness (QED) is 0.907. The van der Waals surface area contributed by atoms with Gasteiger partial charge in [0.1, 0.15) is 0 Å². The molecule has 1 unspecified atom stereocenters. The predicted octanol–water partition coefficient (Wildman–Crippen LogP) is 2.74. The smallest absolute Gasteiger partial charge is 0.0640 e. The third-order valence-corrected chi connectivity index (χ3v) is 5.52. The van der Waals surface area contributed by atoms with Crippen LogP contribution in [0, 0.1) is 0 Å². The molecule has 1 saturated heterocycles. The van der Waals surface area contributed by atoms with Gasteiger partial charge in [-0.2, -0.15) is 5.10 Å². The zero-order valence-corrected chi connectivity index (χ0v) is 13.6. The normalized spacial score (nSPS) is 24.0. The number of hydrogen-bond donors (Lipinski definition) is 1. The van der Waals surface area contributed by atoms with Crippen LogP contribution in [0.4, 0.5) is 0 Å². The van der Waals surface area contributed by atoms with E-state index in [0.717, 1.165) is 12.1 Å². The Morgan fingerprint density at radius 2 is 1.86 bits per heavy atom. The first-order valence-corrected chi connectivity index (χ1v) is 8.66. The predicted molar refractivity (Wildman–Crippen MR) is 86.3 cm³/mol. The zero-order valence-electron chi connectivity index (χ0n) is 13.6. The summed E-state index contributed by atoms with van der Waals surface area (Å²) in [7, 11) is 0. The summed E-state index contributed by atoms with van der Waals surface area (Å²) in [5.74, 6) is 0. The molecule has 2 N–H and O–H groups in total. The Morgan fingerprint density at radius 3 is 2.43 bits per heavy atom. The van der Waals surface area contributed by atoms with Crippen molar-refractivity contribution in [3.8, 4) is 0 Å². The van der Waals surface area contributed by atoms with Gasteiger partial charge in [0.25, 0.3) is 0 Å². The van der Waals surface area contributed by atoms with Gasteiger partial charge in [-0.3, -0.25) is 9.58 Å². The average Bonchev–Trinajstić information content (AvgIpc) is 3.20. The first-order valence-electron chi connectivity index (χ1n) is 8.66. The highest BCUT2D eigenvalue weighted by Crippen LogP contribution is 2.40. The van der Waals surface area contributed by atoms with E-state index in [0.29, 0.717) is 6.04 Å². The molecule has 3 rings (SSSR count). The lowest BCUT2D eigenvalue weighted by Crippen LogP contribution is -2.58. The van der Waals surface area contributed by atoms with E-state index < -0.39 is 0 Å². The van der Waals surface area contributed by atoms with E-state index in [1.54, 1.807) is 0 Å². The molecular formula is C17H30N4. The molecule has 2 aliphatic rings. The molecule has 1 aromatic heterocycles. The van der Waals surface area contributed by atoms with Crippen LogP contribution in [0.3, 0.4) is 0 Å². The standard InChI is InChI=1S/C17H30N4/c1-14(2)21-12-7-15(19-21)13-16(18)17(8-3-4-9-17)20-10-5-6-11-20/h7,12,14,16H,3-6,8-11,13,18H2,1-2H3. The molecule has 0 spiro atoms. The fraction of sp³-hybridized carbons (Fsp3) is 0.824. The van der Waals surface area contributed by atoms with Gasteiger partial charge >= 0.3 is 0 Å². The van der Waals surface area contributed by atoms with Crippen molar-refractivity contribution in [3.05, 3.63) is 18.0 Å². The number of aromatic nitrogens is 2. The van der Waals surface area contributed by atoms with Gasteiger partial charge in [-0.15, -0.1) is 0 Å². The molecule has 0 radical (unpaired) electrons. The second-order valence-corrected chi connectivity index (χ2v) is 7.20. The van der Waals surface area contributed by atoms with E-state index in [-0.39, 0.29) is 11.6 Å². The van der Waals surface area contributed by atoms with Crippen LogP contribution in [0.25, 0.3) is 0 Å². The monoisotopic (exact) mass is 290 g/mol. The second kappa shape index (κ2) is 6.09. The summed E-state index contributed by atoms with van der Waals surface area (Å²) < 4.78 is 2.04. The van der Waals surface area contributed by atoms with Gasteiger partial charge < -0.3 is 5.73 Å². The van der Waals surface area contributed by atoms with Crippen LogP contribution in [0.1, 0.15) is 64.1 Å². The highest BCUT2D eigenvalue weighted by molar-refractivity contribution is 5.10. The molecule has 2 heterocycles. The van der Waals surface area contributed by atoms with Crippen LogP contribution in [-0.4, -0.2) is 39.4 Å². The third-order valence-electron chi connectivity index (χ3n) is 5.52. The SMILES string of the molecule is CC(C)n1ccc(CC(N)C2(N3CCCC3)CCCC2)n1. The molecular weight excluding hydrogens is 260 g/mol. The molecule has 1 aliphatic carbocycles. The summed E-state index contributed by atoms with van der Waals surface area (Å²) in [6.07, 6.45) is 10.9. The van der Waals surface area contributed by atoms with E-state index in [2.05, 4.69) is 31.0 Å². The Labute approximate surface area is 128 Å². The van der Waals surface area contributed by atoms with E-state index in [1.807, 2.05) is 4.68 Å². The Morgan fingerprint density at radius 1 is 1.19 bits per heavy atom. The van der Waals surface area contributed by atoms with Crippen molar-refractivity contribution in [2.75, 3.05) is 13.1 Å². The number of hydrogen-bond acceptors (Lipinski definition) is 3. The molecule has 4 nitrogen and oxygen atoms in total. The van der Waals surface area contributed by atoms with Crippen molar-refractivity contribution < 1.29 is 0 Å². The minimum atomic E-state index is 0.216. The van der Waals surface area contributed by atoms with Gasteiger partial charge in [-0.1, -0.05) is 12.8 Å². The van der Waals surface area contributed by atoms with Gasteiger partial charge in [0.05, 0.1) is 5.69 Å². The van der Waals surface area contributed by atoms with Crippen molar-refractivity contribution >= 4 is 0 Å². The van der Waals surface area contributed by atoms with E-state index >= 15 is 0 Å². The lowest BCUT2D eigenvalue weighted by Gasteiger charge is -2.43. The number of rotatable bonds is 5. The van der Waals surface area contributed by atoms with Gasteiger partial charge in [0.15, 0.2) is 0 Å². The summed E-state index contributed by atoms with van der Waals surface area (Å²) in [6.45, 7) is 6.82. The molecule has 21 heavy (non-hydrogen) atoms. The van der Waals surface area contributed by atoms with E-state index in [1.165, 1.54) is 51.6 Å². The van der Waals surface area contributed by atoms with Crippen molar-refractivity contribution in [3.63, 3.8) is 0 Å². The number of nitrogens with zero attached hydrogens (tertiary/aromatic N) is 3. The highest BCUT2D eigenvalue weighted by Gasteiger charge is 2.45. The summed E-state index contributed by atoms with van der Waals surface area (Å²) in [5.41, 5.74) is 8.12. The minimum Gasteiger partial charge on any atom is -0.326 e. The molecule has 1 aromatic rings. The Hall–Kier alpha value is -0.870. The first-order chi connectivity index (χ1) is 10.1. The third kappa shape index (κ3) is 2.88. The van der Waals surface area contributed by atoms with Crippen LogP contribution in [0.15, 0.2) is 12.3 Å². The van der Waals surface area contributed by atoms with Gasteiger partial charge in [0, 0.05) is 30.2 Å². The lowest BCUT2D eigenvalue weighted by atomic mass is 9.84. The van der Waals surface area contributed by atoms with Crippen molar-refractivity contribution in [1.29, 1.82) is 0 Å². The van der Waals surface area contributed by atoms with Crippen LogP contribution < -0.4 is 5.73 Å². The molecule has 1 aliphatic heterocycles. The molecule has 0 amide bonds. The van der Waals surface area contributed by atoms with Crippen LogP contribution in [0.2, 0.25) is 0 Å². The maximum absolute atomic E-state index is 6.72. The topological polar surface area (TPSA) is 47.1 Å². The largest absolute Gasteiger partial charge is 0.326 e. The zero-order chi connectivity index (χ0) is 14.9. The molecule has 1 atom stereocenters. The highest BCUT2D eigenvalue weighted by atomic mass is 15.3. The van der Waals surface area contributed by atoms with Gasteiger partial charge in [-0.05, 0) is 58.7 Å². The molecule has 118 valence electrons. The summed E-state index contributed by atoms with van der Waals surface area (Å²) in [6, 6.07) is 2.79. The maximum Gasteiger partial charge on any atom is 0.0640 e. The molecule has 4 heteroatoms. The van der Waals surface area contributed by atoms with E-state index in [4.69, 9.17) is 10.8 Å². The molecule has 0 aromatic carbocycles. The van der Waals surface area contributed by atoms with Crippen molar-refractivity contribution in [2.45, 2.75) is 76.4 Å². The van der Waals surface area contributed by atoms with Crippen LogP contribution in [-0.2, 0) is 6.42 Å². The summed E-state index contributed by atoms with van der Waals surface area (Å²) in [5, 5.41) is 4.70. The Kier molecular flexibility index (Phi) is 4.36. The summed E-state index contributed by atoms with van der Waals surface area (Å²) >= 11 is 0. The molecule has 2 fully saturated rings. The first kappa shape index (κ1) is 15.0. The average molecular weight is 290 g/mol. The second-order valence-electron chi connectivity index (χ2n) is 7.20. The van der Waals surface area contributed by atoms with Gasteiger partial charge in [0.2, 0.25) is 0 Å². The van der Waals surface area contributed by atoms with Crippen LogP contribution in [0.5, 0.6) is 0 Å². The van der Waals surface area contributed by atoms with Crippen LogP contribution >= 0.6 is 0 Å². The minimum absolute atomic E-state index is 0.216. The van der Waals surface area contributed by atoms with E-state index in [9.17, 15) is 0 Å². The van der Waals surface area contributed by atoms with Gasteiger partial charge in [-0.25, -0.2) is 0 Å². The molecule has 1 saturated carbocycles. The molecule has 0 bridgehead atoms. The maximum atomic E-state index is 6.72. The number of likely N-dealkylation sites (tertiary alicyclic amines) is 1. The summed E-state index contributed by atoms with van der Waals surface area (Å²) in [4.78, 5) is 2.70. The van der Waals surface area contributed by atoms with Crippen molar-refractivity contribution in [2.24, 2.45) is 5.73 Å². The lowest BCUT2D eigenvalue weighted by molar-refractivity contribution is 0.0917.